The largest absolute Gasteiger partial charge is 0.519 e. The van der Waals surface area contributed by atoms with E-state index in [0.717, 1.165) is 18.8 Å². The molecular formula is C13H26N2O2SSi2. The molecule has 0 saturated carbocycles. The summed E-state index contributed by atoms with van der Waals surface area (Å²) in [6.45, 7) is 14.1. The van der Waals surface area contributed by atoms with E-state index in [1.165, 1.54) is 0 Å². The van der Waals surface area contributed by atoms with Gasteiger partial charge in [-0.25, -0.2) is 0 Å². The molecule has 1 N–H and O–H groups in total. The Hall–Kier alpha value is -0.406. The molecule has 2 heterocycles. The van der Waals surface area contributed by atoms with Crippen LogP contribution in [0.15, 0.2) is 11.9 Å². The van der Waals surface area contributed by atoms with Crippen molar-refractivity contribution >= 4 is 34.3 Å². The molecule has 0 spiro atoms. The summed E-state index contributed by atoms with van der Waals surface area (Å²) in [5, 5.41) is 0.292. The van der Waals surface area contributed by atoms with Crippen LogP contribution < -0.4 is 4.98 Å². The van der Waals surface area contributed by atoms with Gasteiger partial charge < -0.3 is 14.3 Å². The summed E-state index contributed by atoms with van der Waals surface area (Å²) in [6, 6.07) is 0. The lowest BCUT2D eigenvalue weighted by atomic mass is 10.2. The second-order valence-corrected chi connectivity index (χ2v) is 18.0. The summed E-state index contributed by atoms with van der Waals surface area (Å²) in [4.78, 5) is 18.3. The Morgan fingerprint density at radius 1 is 1.35 bits per heavy atom. The van der Waals surface area contributed by atoms with Crippen LogP contribution in [0, 0.1) is 0 Å². The maximum absolute atomic E-state index is 12.3. The van der Waals surface area contributed by atoms with E-state index in [-0.39, 0.29) is 11.2 Å². The number of carbonyl (C=O) groups excluding carboxylic acids is 1. The summed E-state index contributed by atoms with van der Waals surface area (Å²) in [5.41, 5.74) is 0. The number of hydrogen-bond acceptors (Lipinski definition) is 5. The van der Waals surface area contributed by atoms with Crippen molar-refractivity contribution in [3.63, 3.8) is 0 Å². The van der Waals surface area contributed by atoms with Crippen molar-refractivity contribution in [3.05, 3.63) is 11.9 Å². The summed E-state index contributed by atoms with van der Waals surface area (Å²) >= 11 is 1.73. The van der Waals surface area contributed by atoms with Crippen molar-refractivity contribution in [1.82, 2.24) is 9.88 Å². The molecule has 2 rings (SSSR count). The standard InChI is InChI=1S/C13H26N2O2SSi2/c1-19(2,3)14-11-9-10(13(16)17-20(4,5)6)18-12-7-8-15(11)12/h9-10,12,14H,7-8H2,1-6H3. The number of rotatable bonds is 4. The van der Waals surface area contributed by atoms with E-state index in [2.05, 4.69) is 55.2 Å². The van der Waals surface area contributed by atoms with Crippen LogP contribution in [0.25, 0.3) is 0 Å². The molecule has 0 aromatic rings. The summed E-state index contributed by atoms with van der Waals surface area (Å²) in [5.74, 6) is 1.09. The lowest BCUT2D eigenvalue weighted by molar-refractivity contribution is -0.133. The smallest absolute Gasteiger partial charge is 0.309 e. The van der Waals surface area contributed by atoms with Crippen molar-refractivity contribution < 1.29 is 9.22 Å². The first-order valence-corrected chi connectivity index (χ1v) is 15.1. The molecule has 0 aromatic heterocycles. The summed E-state index contributed by atoms with van der Waals surface area (Å²) < 4.78 is 5.66. The Kier molecular flexibility index (Phi) is 4.33. The molecule has 0 bridgehead atoms. The van der Waals surface area contributed by atoms with Crippen molar-refractivity contribution in [1.29, 1.82) is 0 Å². The fourth-order valence-corrected chi connectivity index (χ4v) is 5.33. The third-order valence-corrected chi connectivity index (χ3v) is 6.27. The molecule has 0 radical (unpaired) electrons. The fraction of sp³-hybridized carbons (Fsp3) is 0.769. The van der Waals surface area contributed by atoms with E-state index in [1.54, 1.807) is 11.8 Å². The summed E-state index contributed by atoms with van der Waals surface area (Å²) in [7, 11) is -3.22. The van der Waals surface area contributed by atoms with E-state index in [1.807, 2.05) is 0 Å². The number of thioether (sulfide) groups is 1. The molecule has 7 heteroatoms. The molecule has 2 atom stereocenters. The van der Waals surface area contributed by atoms with Crippen molar-refractivity contribution in [2.45, 2.75) is 56.3 Å². The van der Waals surface area contributed by atoms with E-state index < -0.39 is 16.6 Å². The molecular weight excluding hydrogens is 304 g/mol. The highest BCUT2D eigenvalue weighted by Crippen LogP contribution is 2.39. The second kappa shape index (κ2) is 5.42. The Balaban J connectivity index is 2.12. The minimum absolute atomic E-state index is 0.0596. The van der Waals surface area contributed by atoms with Gasteiger partial charge >= 0.3 is 5.97 Å². The van der Waals surface area contributed by atoms with Gasteiger partial charge in [0, 0.05) is 6.54 Å². The van der Waals surface area contributed by atoms with Gasteiger partial charge in [-0.3, -0.25) is 4.79 Å². The molecule has 2 unspecified atom stereocenters. The molecule has 0 amide bonds. The van der Waals surface area contributed by atoms with E-state index in [9.17, 15) is 4.79 Å². The Morgan fingerprint density at radius 3 is 2.45 bits per heavy atom. The first-order chi connectivity index (χ1) is 9.05. The zero-order valence-corrected chi connectivity index (χ0v) is 16.1. The SMILES string of the molecule is C[Si](C)(C)NC1=CC(C(=O)O[Si](C)(C)C)SC2CCN12. The highest BCUT2D eigenvalue weighted by atomic mass is 32.2. The van der Waals surface area contributed by atoms with Gasteiger partial charge in [0.1, 0.15) is 13.5 Å². The lowest BCUT2D eigenvalue weighted by Crippen LogP contribution is -2.56. The number of nitrogens with zero attached hydrogens (tertiary/aromatic N) is 1. The third kappa shape index (κ3) is 4.05. The van der Waals surface area contributed by atoms with Crippen LogP contribution in [0.3, 0.4) is 0 Å². The van der Waals surface area contributed by atoms with E-state index in [0.29, 0.717) is 5.37 Å². The Bertz CT molecular complexity index is 429. The summed E-state index contributed by atoms with van der Waals surface area (Å²) in [6.07, 6.45) is 3.23. The molecule has 114 valence electrons. The zero-order chi connectivity index (χ0) is 15.1. The minimum Gasteiger partial charge on any atom is -0.519 e. The lowest BCUT2D eigenvalue weighted by Gasteiger charge is -2.49. The average molecular weight is 331 g/mol. The molecule has 4 nitrogen and oxygen atoms in total. The van der Waals surface area contributed by atoms with Gasteiger partial charge in [-0.15, -0.1) is 11.8 Å². The third-order valence-electron chi connectivity index (χ3n) is 3.03. The highest BCUT2D eigenvalue weighted by molar-refractivity contribution is 8.01. The fourth-order valence-electron chi connectivity index (χ4n) is 2.21. The van der Waals surface area contributed by atoms with E-state index >= 15 is 0 Å². The topological polar surface area (TPSA) is 41.6 Å². The monoisotopic (exact) mass is 330 g/mol. The number of fused-ring (bicyclic) bond motifs is 1. The van der Waals surface area contributed by atoms with Gasteiger partial charge in [-0.05, 0) is 32.1 Å². The molecule has 0 aromatic carbocycles. The molecule has 2 aliphatic heterocycles. The van der Waals surface area contributed by atoms with Crippen LogP contribution >= 0.6 is 11.8 Å². The van der Waals surface area contributed by atoms with Gasteiger partial charge in [0.25, 0.3) is 0 Å². The second-order valence-electron chi connectivity index (χ2n) is 7.45. The predicted octanol–water partition coefficient (Wildman–Crippen LogP) is 2.78. The van der Waals surface area contributed by atoms with Crippen LogP contribution in [-0.2, 0) is 9.22 Å². The molecule has 1 saturated heterocycles. The van der Waals surface area contributed by atoms with Crippen LogP contribution in [0.1, 0.15) is 6.42 Å². The zero-order valence-electron chi connectivity index (χ0n) is 13.3. The van der Waals surface area contributed by atoms with Crippen LogP contribution in [-0.4, -0.2) is 44.6 Å². The maximum Gasteiger partial charge on any atom is 0.309 e. The molecule has 1 fully saturated rings. The van der Waals surface area contributed by atoms with E-state index in [4.69, 9.17) is 4.43 Å². The quantitative estimate of drug-likeness (QED) is 0.803. The number of hydrogen-bond donors (Lipinski definition) is 1. The van der Waals surface area contributed by atoms with Gasteiger partial charge in [0.2, 0.25) is 8.32 Å². The molecule has 20 heavy (non-hydrogen) atoms. The normalized spacial score (nSPS) is 26.3. The minimum atomic E-state index is -1.81. The van der Waals surface area contributed by atoms with Crippen LogP contribution in [0.4, 0.5) is 0 Å². The number of carbonyl (C=O) groups is 1. The highest BCUT2D eigenvalue weighted by Gasteiger charge is 2.40. The van der Waals surface area contributed by atoms with Gasteiger partial charge in [0.05, 0.1) is 11.2 Å². The van der Waals surface area contributed by atoms with Crippen LogP contribution in [0.2, 0.25) is 39.3 Å². The number of nitrogens with one attached hydrogen (secondary N) is 1. The maximum atomic E-state index is 12.3. The van der Waals surface area contributed by atoms with Crippen molar-refractivity contribution in [3.8, 4) is 0 Å². The van der Waals surface area contributed by atoms with Crippen LogP contribution in [0.5, 0.6) is 0 Å². The first-order valence-electron chi connectivity index (χ1n) is 7.20. The van der Waals surface area contributed by atoms with Gasteiger partial charge in [0.15, 0.2) is 0 Å². The van der Waals surface area contributed by atoms with Gasteiger partial charge in [-0.2, -0.15) is 0 Å². The Morgan fingerprint density at radius 2 is 2.00 bits per heavy atom. The predicted molar refractivity (Wildman–Crippen MR) is 90.5 cm³/mol. The first kappa shape index (κ1) is 16.0. The molecule has 2 aliphatic rings. The average Bonchev–Trinajstić information content (AvgIpc) is 2.15. The van der Waals surface area contributed by atoms with Crippen molar-refractivity contribution in [2.75, 3.05) is 6.54 Å². The molecule has 0 aliphatic carbocycles. The van der Waals surface area contributed by atoms with Crippen molar-refractivity contribution in [2.24, 2.45) is 0 Å². The van der Waals surface area contributed by atoms with Gasteiger partial charge in [-0.1, -0.05) is 19.6 Å². The Labute approximate surface area is 128 Å².